The molecule has 2 N–H and O–H groups in total. The molecule has 0 amide bonds. The maximum Gasteiger partial charge on any atom is 0.411 e. The highest BCUT2D eigenvalue weighted by atomic mass is 19.4. The zero-order valence-electron chi connectivity index (χ0n) is 11.7. The number of alkyl halides is 3. The fourth-order valence-corrected chi connectivity index (χ4v) is 2.53. The van der Waals surface area contributed by atoms with E-state index in [9.17, 15) is 13.2 Å². The molecule has 1 heterocycles. The first-order valence-corrected chi connectivity index (χ1v) is 7.15. The molecule has 1 aliphatic rings. The van der Waals surface area contributed by atoms with Crippen molar-refractivity contribution in [3.8, 4) is 0 Å². The molecule has 1 aromatic rings. The smallest absolute Gasteiger partial charge is 0.372 e. The van der Waals surface area contributed by atoms with E-state index >= 15 is 0 Å². The van der Waals surface area contributed by atoms with Crippen LogP contribution in [0.5, 0.6) is 0 Å². The zero-order valence-corrected chi connectivity index (χ0v) is 11.7. The summed E-state index contributed by atoms with van der Waals surface area (Å²) in [5, 5.41) is 3.79. The van der Waals surface area contributed by atoms with E-state index in [1.807, 2.05) is 0 Å². The maximum atomic E-state index is 11.9. The van der Waals surface area contributed by atoms with Crippen LogP contribution in [0, 0.1) is 5.92 Å². The summed E-state index contributed by atoms with van der Waals surface area (Å²) in [6, 6.07) is 0. The third kappa shape index (κ3) is 5.28. The Bertz CT molecular complexity index is 429. The van der Waals surface area contributed by atoms with Crippen LogP contribution in [0.15, 0.2) is 4.52 Å². The van der Waals surface area contributed by atoms with Gasteiger partial charge in [0.2, 0.25) is 5.89 Å². The molecule has 1 aliphatic carbocycles. The number of nitrogens with zero attached hydrogens (tertiary/aromatic N) is 2. The van der Waals surface area contributed by atoms with Crippen LogP contribution in [0.25, 0.3) is 0 Å². The summed E-state index contributed by atoms with van der Waals surface area (Å²) in [5.74, 6) is 1.79. The van der Waals surface area contributed by atoms with Crippen LogP contribution in [-0.2, 0) is 11.2 Å². The molecule has 0 saturated heterocycles. The van der Waals surface area contributed by atoms with Gasteiger partial charge in [0.25, 0.3) is 0 Å². The predicted octanol–water partition coefficient (Wildman–Crippen LogP) is 2.42. The first kappa shape index (κ1) is 16.2. The van der Waals surface area contributed by atoms with Crippen molar-refractivity contribution in [1.82, 2.24) is 10.1 Å². The molecule has 120 valence electrons. The zero-order chi connectivity index (χ0) is 15.3. The highest BCUT2D eigenvalue weighted by Crippen LogP contribution is 2.34. The number of aromatic nitrogens is 2. The molecule has 5 nitrogen and oxygen atoms in total. The number of hydrogen-bond acceptors (Lipinski definition) is 5. The van der Waals surface area contributed by atoms with Gasteiger partial charge < -0.3 is 15.0 Å². The Kier molecular flexibility index (Phi) is 5.58. The number of rotatable bonds is 6. The van der Waals surface area contributed by atoms with E-state index < -0.39 is 12.8 Å². The molecule has 1 fully saturated rings. The van der Waals surface area contributed by atoms with Crippen molar-refractivity contribution in [2.24, 2.45) is 11.7 Å². The molecule has 21 heavy (non-hydrogen) atoms. The number of hydrogen-bond donors (Lipinski definition) is 1. The van der Waals surface area contributed by atoms with Gasteiger partial charge >= 0.3 is 6.18 Å². The van der Waals surface area contributed by atoms with Crippen LogP contribution in [0.4, 0.5) is 13.2 Å². The highest BCUT2D eigenvalue weighted by Gasteiger charge is 2.28. The van der Waals surface area contributed by atoms with E-state index in [1.54, 1.807) is 0 Å². The second-order valence-corrected chi connectivity index (χ2v) is 5.42. The van der Waals surface area contributed by atoms with Gasteiger partial charge in [-0.15, -0.1) is 0 Å². The first-order valence-electron chi connectivity index (χ1n) is 7.15. The van der Waals surface area contributed by atoms with Gasteiger partial charge in [-0.2, -0.15) is 18.2 Å². The third-order valence-electron chi connectivity index (χ3n) is 3.75. The van der Waals surface area contributed by atoms with E-state index in [0.717, 1.165) is 25.7 Å². The minimum atomic E-state index is -4.30. The van der Waals surface area contributed by atoms with Crippen molar-refractivity contribution in [1.29, 1.82) is 0 Å². The molecule has 2 rings (SSSR count). The molecule has 0 radical (unpaired) electrons. The summed E-state index contributed by atoms with van der Waals surface area (Å²) in [4.78, 5) is 4.25. The topological polar surface area (TPSA) is 74.2 Å². The van der Waals surface area contributed by atoms with Crippen molar-refractivity contribution < 1.29 is 22.4 Å². The summed E-state index contributed by atoms with van der Waals surface area (Å²) in [6.07, 6.45) is -0.0505. The van der Waals surface area contributed by atoms with E-state index in [-0.39, 0.29) is 18.9 Å². The van der Waals surface area contributed by atoms with Crippen molar-refractivity contribution >= 4 is 0 Å². The van der Waals surface area contributed by atoms with Gasteiger partial charge in [-0.3, -0.25) is 0 Å². The fraction of sp³-hybridized carbons (Fsp3) is 0.846. The van der Waals surface area contributed by atoms with Crippen LogP contribution in [0.3, 0.4) is 0 Å². The Hall–Kier alpha value is -1.15. The Balaban J connectivity index is 1.74. The Morgan fingerprint density at radius 1 is 1.24 bits per heavy atom. The summed E-state index contributed by atoms with van der Waals surface area (Å²) < 4.78 is 45.4. The largest absolute Gasteiger partial charge is 0.411 e. The normalized spacial score (nSPS) is 23.4. The monoisotopic (exact) mass is 307 g/mol. The molecule has 0 aromatic carbocycles. The lowest BCUT2D eigenvalue weighted by Crippen LogP contribution is -2.20. The molecular formula is C13H20F3N3O2. The van der Waals surface area contributed by atoms with E-state index in [0.29, 0.717) is 24.2 Å². The van der Waals surface area contributed by atoms with Gasteiger partial charge in [0.15, 0.2) is 5.82 Å². The Morgan fingerprint density at radius 2 is 1.95 bits per heavy atom. The summed E-state index contributed by atoms with van der Waals surface area (Å²) in [5.41, 5.74) is 5.64. The molecule has 1 saturated carbocycles. The second kappa shape index (κ2) is 7.22. The minimum absolute atomic E-state index is 0.0710. The Labute approximate surface area is 121 Å². The van der Waals surface area contributed by atoms with Crippen molar-refractivity contribution in [3.05, 3.63) is 11.7 Å². The van der Waals surface area contributed by atoms with Crippen molar-refractivity contribution in [2.75, 3.05) is 19.8 Å². The van der Waals surface area contributed by atoms with Crippen LogP contribution in [0.1, 0.15) is 43.3 Å². The molecule has 1 aromatic heterocycles. The number of ether oxygens (including phenoxy) is 1. The summed E-state index contributed by atoms with van der Waals surface area (Å²) >= 11 is 0. The van der Waals surface area contributed by atoms with E-state index in [1.165, 1.54) is 0 Å². The van der Waals surface area contributed by atoms with Crippen molar-refractivity contribution in [3.63, 3.8) is 0 Å². The standard InChI is InChI=1S/C13H20F3N3O2/c14-13(15,16)8-20-6-5-11-18-12(21-19-11)10-3-1-9(7-17)2-4-10/h9-10H,1-8,17H2. The average Bonchev–Trinajstić information content (AvgIpc) is 2.91. The van der Waals surface area contributed by atoms with Crippen LogP contribution < -0.4 is 5.73 Å². The van der Waals surface area contributed by atoms with Crippen LogP contribution in [0.2, 0.25) is 0 Å². The van der Waals surface area contributed by atoms with Crippen LogP contribution in [-0.4, -0.2) is 36.1 Å². The molecular weight excluding hydrogens is 287 g/mol. The van der Waals surface area contributed by atoms with Gasteiger partial charge in [-0.1, -0.05) is 5.16 Å². The van der Waals surface area contributed by atoms with Gasteiger partial charge in [0, 0.05) is 12.3 Å². The molecule has 0 spiro atoms. The van der Waals surface area contributed by atoms with Crippen LogP contribution >= 0.6 is 0 Å². The van der Waals surface area contributed by atoms with Crippen molar-refractivity contribution in [2.45, 2.75) is 44.2 Å². The SMILES string of the molecule is NCC1CCC(c2nc(CCOCC(F)(F)F)no2)CC1. The van der Waals surface area contributed by atoms with Gasteiger partial charge in [-0.25, -0.2) is 0 Å². The quantitative estimate of drug-likeness (QED) is 0.817. The first-order chi connectivity index (χ1) is 9.98. The third-order valence-corrected chi connectivity index (χ3v) is 3.75. The molecule has 0 atom stereocenters. The minimum Gasteiger partial charge on any atom is -0.372 e. The predicted molar refractivity (Wildman–Crippen MR) is 68.6 cm³/mol. The molecule has 8 heteroatoms. The number of halogens is 3. The average molecular weight is 307 g/mol. The fourth-order valence-electron chi connectivity index (χ4n) is 2.53. The van der Waals surface area contributed by atoms with Gasteiger partial charge in [-0.05, 0) is 38.1 Å². The molecule has 0 aliphatic heterocycles. The molecule has 0 unspecified atom stereocenters. The lowest BCUT2D eigenvalue weighted by Gasteiger charge is -2.24. The lowest BCUT2D eigenvalue weighted by atomic mass is 9.82. The summed E-state index contributed by atoms with van der Waals surface area (Å²) in [6.45, 7) is -0.614. The van der Waals surface area contributed by atoms with E-state index in [4.69, 9.17) is 10.3 Å². The van der Waals surface area contributed by atoms with Gasteiger partial charge in [0.1, 0.15) is 6.61 Å². The highest BCUT2D eigenvalue weighted by molar-refractivity contribution is 4.96. The Morgan fingerprint density at radius 3 is 2.57 bits per heavy atom. The van der Waals surface area contributed by atoms with E-state index in [2.05, 4.69) is 14.9 Å². The lowest BCUT2D eigenvalue weighted by molar-refractivity contribution is -0.173. The molecule has 0 bridgehead atoms. The van der Waals surface area contributed by atoms with Gasteiger partial charge in [0.05, 0.1) is 6.61 Å². The summed E-state index contributed by atoms with van der Waals surface area (Å²) in [7, 11) is 0. The number of nitrogens with two attached hydrogens (primary N) is 1. The second-order valence-electron chi connectivity index (χ2n) is 5.42. The maximum absolute atomic E-state index is 11.9.